The fourth-order valence-electron chi connectivity index (χ4n) is 3.12. The molecule has 0 aliphatic carbocycles. The summed E-state index contributed by atoms with van der Waals surface area (Å²) in [6.07, 6.45) is 3.83. The van der Waals surface area contributed by atoms with Gasteiger partial charge in [0.05, 0.1) is 24.9 Å². The van der Waals surface area contributed by atoms with Gasteiger partial charge in [-0.3, -0.25) is 4.79 Å². The molecule has 1 aliphatic heterocycles. The van der Waals surface area contributed by atoms with Crippen LogP contribution in [0.3, 0.4) is 0 Å². The van der Waals surface area contributed by atoms with Crippen LogP contribution in [-0.2, 0) is 16.1 Å². The van der Waals surface area contributed by atoms with Crippen LogP contribution in [0.25, 0.3) is 5.65 Å². The molecule has 4 rings (SSSR count). The van der Waals surface area contributed by atoms with Gasteiger partial charge in [0.1, 0.15) is 11.9 Å². The molecule has 9 heteroatoms. The van der Waals surface area contributed by atoms with Gasteiger partial charge in [-0.2, -0.15) is 5.10 Å². The van der Waals surface area contributed by atoms with E-state index in [0.717, 1.165) is 17.0 Å². The Morgan fingerprint density at radius 2 is 2.33 bits per heavy atom. The molecule has 4 heterocycles. The minimum absolute atomic E-state index is 0.163. The predicted octanol–water partition coefficient (Wildman–Crippen LogP) is 1.44. The highest BCUT2D eigenvalue weighted by Crippen LogP contribution is 2.18. The standard InChI is InChI=1S/C18H21N5O4/c1-11-13(12(2)27-22-11)9-26-16-10-25-7-4-14(16)20-18(24)15-8-17-19-5-3-6-23(17)21-15/h3,5-6,8,14,16H,4,7,9-10H2,1-2H3,(H,20,24)/t14-,16-/m1/s1. The van der Waals surface area contributed by atoms with Gasteiger partial charge >= 0.3 is 0 Å². The number of ether oxygens (including phenoxy) is 2. The lowest BCUT2D eigenvalue weighted by Gasteiger charge is -2.31. The Hall–Kier alpha value is -2.78. The van der Waals surface area contributed by atoms with Gasteiger partial charge in [-0.05, 0) is 26.3 Å². The molecule has 1 N–H and O–H groups in total. The highest BCUT2D eigenvalue weighted by Gasteiger charge is 2.29. The minimum atomic E-state index is -0.258. The van der Waals surface area contributed by atoms with Gasteiger partial charge < -0.3 is 19.3 Å². The van der Waals surface area contributed by atoms with Crippen molar-refractivity contribution in [2.75, 3.05) is 13.2 Å². The van der Waals surface area contributed by atoms with Crippen LogP contribution < -0.4 is 5.32 Å². The summed E-state index contributed by atoms with van der Waals surface area (Å²) in [5, 5.41) is 11.2. The van der Waals surface area contributed by atoms with Crippen LogP contribution >= 0.6 is 0 Å². The van der Waals surface area contributed by atoms with E-state index in [4.69, 9.17) is 14.0 Å². The molecule has 1 fully saturated rings. The van der Waals surface area contributed by atoms with E-state index in [1.807, 2.05) is 13.8 Å². The van der Waals surface area contributed by atoms with Gasteiger partial charge in [-0.15, -0.1) is 0 Å². The van der Waals surface area contributed by atoms with Gasteiger partial charge in [0.2, 0.25) is 0 Å². The lowest BCUT2D eigenvalue weighted by molar-refractivity contribution is -0.0739. The summed E-state index contributed by atoms with van der Waals surface area (Å²) >= 11 is 0. The van der Waals surface area contributed by atoms with Crippen molar-refractivity contribution < 1.29 is 18.8 Å². The smallest absolute Gasteiger partial charge is 0.272 e. The Labute approximate surface area is 155 Å². The molecular formula is C18H21N5O4. The summed E-state index contributed by atoms with van der Waals surface area (Å²) in [6.45, 7) is 5.08. The van der Waals surface area contributed by atoms with Crippen LogP contribution in [0, 0.1) is 13.8 Å². The van der Waals surface area contributed by atoms with Crippen molar-refractivity contribution in [3.05, 3.63) is 47.2 Å². The van der Waals surface area contributed by atoms with Crippen molar-refractivity contribution in [1.82, 2.24) is 25.1 Å². The number of amides is 1. The highest BCUT2D eigenvalue weighted by atomic mass is 16.5. The quantitative estimate of drug-likeness (QED) is 0.724. The number of aryl methyl sites for hydroxylation is 2. The first kappa shape index (κ1) is 17.6. The number of carbonyl (C=O) groups is 1. The molecule has 1 saturated heterocycles. The Balaban J connectivity index is 1.43. The maximum Gasteiger partial charge on any atom is 0.272 e. The zero-order valence-electron chi connectivity index (χ0n) is 15.2. The molecule has 1 amide bonds. The average Bonchev–Trinajstić information content (AvgIpc) is 3.25. The third kappa shape index (κ3) is 3.69. The fourth-order valence-corrected chi connectivity index (χ4v) is 3.12. The second kappa shape index (κ2) is 7.45. The second-order valence-electron chi connectivity index (χ2n) is 6.55. The second-order valence-corrected chi connectivity index (χ2v) is 6.55. The Morgan fingerprint density at radius 1 is 1.44 bits per heavy atom. The first-order chi connectivity index (χ1) is 13.1. The first-order valence-corrected chi connectivity index (χ1v) is 8.84. The molecule has 0 bridgehead atoms. The summed E-state index contributed by atoms with van der Waals surface area (Å²) in [5.74, 6) is 0.486. The summed E-state index contributed by atoms with van der Waals surface area (Å²) in [5.41, 5.74) is 2.68. The van der Waals surface area contributed by atoms with E-state index in [0.29, 0.717) is 37.6 Å². The molecule has 3 aromatic rings. The maximum atomic E-state index is 12.6. The topological polar surface area (TPSA) is 104 Å². The lowest BCUT2D eigenvalue weighted by Crippen LogP contribution is -2.50. The van der Waals surface area contributed by atoms with Gasteiger partial charge in [0, 0.05) is 30.6 Å². The summed E-state index contributed by atoms with van der Waals surface area (Å²) in [4.78, 5) is 16.8. The van der Waals surface area contributed by atoms with E-state index in [1.165, 1.54) is 0 Å². The predicted molar refractivity (Wildman–Crippen MR) is 94.2 cm³/mol. The molecular weight excluding hydrogens is 350 g/mol. The molecule has 0 saturated carbocycles. The van der Waals surface area contributed by atoms with Crippen molar-refractivity contribution in [1.29, 1.82) is 0 Å². The largest absolute Gasteiger partial charge is 0.379 e. The van der Waals surface area contributed by atoms with Crippen LogP contribution in [0.1, 0.15) is 33.9 Å². The van der Waals surface area contributed by atoms with Crippen molar-refractivity contribution in [3.8, 4) is 0 Å². The molecule has 0 radical (unpaired) electrons. The van der Waals surface area contributed by atoms with Gasteiger partial charge in [0.15, 0.2) is 11.3 Å². The molecule has 142 valence electrons. The van der Waals surface area contributed by atoms with Gasteiger partial charge in [-0.1, -0.05) is 5.16 Å². The molecule has 0 aromatic carbocycles. The Bertz CT molecular complexity index is 898. The SMILES string of the molecule is Cc1noc(C)c1CO[C@@H]1COCC[C@H]1NC(=O)c1cc2ncccn2n1. The lowest BCUT2D eigenvalue weighted by atomic mass is 10.1. The molecule has 3 aromatic heterocycles. The van der Waals surface area contributed by atoms with Crippen molar-refractivity contribution >= 4 is 11.6 Å². The fraction of sp³-hybridized carbons (Fsp3) is 0.444. The van der Waals surface area contributed by atoms with Crippen LogP contribution in [-0.4, -0.2) is 51.0 Å². The van der Waals surface area contributed by atoms with Crippen LogP contribution in [0.5, 0.6) is 0 Å². The number of nitrogens with zero attached hydrogens (tertiary/aromatic N) is 4. The number of carbonyl (C=O) groups excluding carboxylic acids is 1. The average molecular weight is 371 g/mol. The third-order valence-corrected chi connectivity index (χ3v) is 4.71. The van der Waals surface area contributed by atoms with E-state index in [2.05, 4.69) is 20.6 Å². The van der Waals surface area contributed by atoms with E-state index in [9.17, 15) is 4.79 Å². The Morgan fingerprint density at radius 3 is 3.11 bits per heavy atom. The zero-order valence-corrected chi connectivity index (χ0v) is 15.2. The van der Waals surface area contributed by atoms with Crippen LogP contribution in [0.4, 0.5) is 0 Å². The van der Waals surface area contributed by atoms with Crippen molar-refractivity contribution in [3.63, 3.8) is 0 Å². The van der Waals surface area contributed by atoms with Gasteiger partial charge in [0.25, 0.3) is 5.91 Å². The molecule has 2 atom stereocenters. The number of nitrogens with one attached hydrogen (secondary N) is 1. The van der Waals surface area contributed by atoms with E-state index < -0.39 is 0 Å². The van der Waals surface area contributed by atoms with Crippen LogP contribution in [0.15, 0.2) is 29.0 Å². The van der Waals surface area contributed by atoms with E-state index in [-0.39, 0.29) is 18.1 Å². The van der Waals surface area contributed by atoms with Gasteiger partial charge in [-0.25, -0.2) is 9.50 Å². The molecule has 27 heavy (non-hydrogen) atoms. The van der Waals surface area contributed by atoms with E-state index >= 15 is 0 Å². The Kier molecular flexibility index (Phi) is 4.87. The number of rotatable bonds is 5. The molecule has 0 unspecified atom stereocenters. The molecule has 1 aliphatic rings. The number of aromatic nitrogens is 4. The molecule has 0 spiro atoms. The zero-order chi connectivity index (χ0) is 18.8. The highest BCUT2D eigenvalue weighted by molar-refractivity contribution is 5.93. The first-order valence-electron chi connectivity index (χ1n) is 8.84. The third-order valence-electron chi connectivity index (χ3n) is 4.71. The van der Waals surface area contributed by atoms with E-state index in [1.54, 1.807) is 29.0 Å². The monoisotopic (exact) mass is 371 g/mol. The number of fused-ring (bicyclic) bond motifs is 1. The van der Waals surface area contributed by atoms with Crippen molar-refractivity contribution in [2.45, 2.75) is 39.0 Å². The normalized spacial score (nSPS) is 20.1. The van der Waals surface area contributed by atoms with Crippen molar-refractivity contribution in [2.24, 2.45) is 0 Å². The van der Waals surface area contributed by atoms with Crippen LogP contribution in [0.2, 0.25) is 0 Å². The number of hydrogen-bond donors (Lipinski definition) is 1. The maximum absolute atomic E-state index is 12.6. The molecule has 9 nitrogen and oxygen atoms in total. The summed E-state index contributed by atoms with van der Waals surface area (Å²) < 4.78 is 18.3. The summed E-state index contributed by atoms with van der Waals surface area (Å²) in [7, 11) is 0. The minimum Gasteiger partial charge on any atom is -0.379 e. The summed E-state index contributed by atoms with van der Waals surface area (Å²) in [6, 6.07) is 3.26. The number of hydrogen-bond acceptors (Lipinski definition) is 7.